The molecule has 27 heavy (non-hydrogen) atoms. The van der Waals surface area contributed by atoms with Gasteiger partial charge in [0.15, 0.2) is 5.82 Å². The van der Waals surface area contributed by atoms with Crippen molar-refractivity contribution in [3.63, 3.8) is 0 Å². The van der Waals surface area contributed by atoms with Gasteiger partial charge in [-0.1, -0.05) is 13.8 Å². The first-order chi connectivity index (χ1) is 12.8. The number of amides is 1. The highest BCUT2D eigenvalue weighted by atomic mass is 16.7. The highest BCUT2D eigenvalue weighted by Gasteiger charge is 2.53. The molecule has 0 spiro atoms. The van der Waals surface area contributed by atoms with E-state index in [-0.39, 0.29) is 24.3 Å². The summed E-state index contributed by atoms with van der Waals surface area (Å²) in [4.78, 5) is 38.7. The first-order valence-electron chi connectivity index (χ1n) is 8.48. The number of carbonyl (C=O) groups is 2. The van der Waals surface area contributed by atoms with Gasteiger partial charge in [-0.3, -0.25) is 14.2 Å². The van der Waals surface area contributed by atoms with Gasteiger partial charge in [-0.25, -0.2) is 4.79 Å². The van der Waals surface area contributed by atoms with Crippen LogP contribution in [-0.2, 0) is 23.8 Å². The van der Waals surface area contributed by atoms with Crippen LogP contribution in [0.4, 0.5) is 5.82 Å². The predicted molar refractivity (Wildman–Crippen MR) is 96.0 cm³/mol. The maximum atomic E-state index is 12.5. The summed E-state index contributed by atoms with van der Waals surface area (Å²) >= 11 is 0. The minimum absolute atomic E-state index is 0.0920. The molecule has 0 radical (unpaired) electrons. The standard InChI is InChI=1S/C17H24N4O6/c1-6-18-21(10-22)14-7-8-20(16(24)19-14)15-11(2)12(3)17(25-5,27-15)9-26-13(4)23/h6-8,10-12,15H,9H2,1-5H3/b18-6-/t11-,12+,15-,17-/m1/s1. The lowest BCUT2D eigenvalue weighted by molar-refractivity contribution is -0.261. The third kappa shape index (κ3) is 4.06. The molecule has 10 nitrogen and oxygen atoms in total. The fourth-order valence-corrected chi connectivity index (χ4v) is 3.03. The van der Waals surface area contributed by atoms with E-state index in [1.807, 2.05) is 13.8 Å². The molecule has 0 unspecified atom stereocenters. The average Bonchev–Trinajstić information content (AvgIpc) is 2.90. The number of hydrogen-bond acceptors (Lipinski definition) is 8. The van der Waals surface area contributed by atoms with E-state index < -0.39 is 23.7 Å². The Morgan fingerprint density at radius 1 is 1.52 bits per heavy atom. The maximum Gasteiger partial charge on any atom is 0.351 e. The maximum absolute atomic E-state index is 12.5. The highest BCUT2D eigenvalue weighted by molar-refractivity contribution is 5.74. The van der Waals surface area contributed by atoms with E-state index in [0.717, 1.165) is 5.01 Å². The van der Waals surface area contributed by atoms with Gasteiger partial charge in [0.05, 0.1) is 0 Å². The summed E-state index contributed by atoms with van der Waals surface area (Å²) in [6, 6.07) is 1.49. The molecule has 0 saturated carbocycles. The molecule has 0 N–H and O–H groups in total. The fourth-order valence-electron chi connectivity index (χ4n) is 3.03. The van der Waals surface area contributed by atoms with Crippen LogP contribution in [0.3, 0.4) is 0 Å². The molecule has 148 valence electrons. The number of nitrogens with zero attached hydrogens (tertiary/aromatic N) is 4. The van der Waals surface area contributed by atoms with Crippen LogP contribution in [0.25, 0.3) is 0 Å². The smallest absolute Gasteiger partial charge is 0.351 e. The Balaban J connectivity index is 2.34. The van der Waals surface area contributed by atoms with Crippen LogP contribution in [0.1, 0.15) is 33.9 Å². The molecule has 1 saturated heterocycles. The summed E-state index contributed by atoms with van der Waals surface area (Å²) in [5, 5.41) is 4.77. The SMILES string of the molecule is C/C=N\N(C=O)c1ccn([C@@H]2O[C@@](COC(C)=O)(OC)[C@@H](C)[C@H]2C)c(=O)n1. The molecule has 2 rings (SSSR count). The topological polar surface area (TPSA) is 112 Å². The number of carbonyl (C=O) groups excluding carboxylic acids is 2. The van der Waals surface area contributed by atoms with Gasteiger partial charge in [-0.2, -0.15) is 15.1 Å². The van der Waals surface area contributed by atoms with E-state index in [4.69, 9.17) is 14.2 Å². The van der Waals surface area contributed by atoms with Gasteiger partial charge >= 0.3 is 11.7 Å². The summed E-state index contributed by atoms with van der Waals surface area (Å²) in [5.41, 5.74) is -0.603. The van der Waals surface area contributed by atoms with Crippen LogP contribution in [0.2, 0.25) is 0 Å². The Morgan fingerprint density at radius 2 is 2.22 bits per heavy atom. The minimum Gasteiger partial charge on any atom is -0.460 e. The van der Waals surface area contributed by atoms with Crippen molar-refractivity contribution >= 4 is 24.4 Å². The van der Waals surface area contributed by atoms with Crippen molar-refractivity contribution in [2.75, 3.05) is 18.7 Å². The molecule has 4 atom stereocenters. The van der Waals surface area contributed by atoms with Crippen LogP contribution in [-0.4, -0.2) is 47.6 Å². The molecule has 0 aromatic carbocycles. The number of rotatable bonds is 7. The molecule has 0 bridgehead atoms. The Morgan fingerprint density at radius 3 is 2.74 bits per heavy atom. The van der Waals surface area contributed by atoms with E-state index in [2.05, 4.69) is 10.1 Å². The van der Waals surface area contributed by atoms with Crippen LogP contribution >= 0.6 is 0 Å². The average molecular weight is 380 g/mol. The Bertz CT molecular complexity index is 779. The number of esters is 1. The normalized spacial score (nSPS) is 27.7. The zero-order valence-corrected chi connectivity index (χ0v) is 16.0. The predicted octanol–water partition coefficient (Wildman–Crippen LogP) is 0.919. The number of hydrogen-bond donors (Lipinski definition) is 0. The largest absolute Gasteiger partial charge is 0.460 e. The van der Waals surface area contributed by atoms with Gasteiger partial charge in [0.2, 0.25) is 12.2 Å². The molecular weight excluding hydrogens is 356 g/mol. The van der Waals surface area contributed by atoms with E-state index in [9.17, 15) is 14.4 Å². The monoisotopic (exact) mass is 380 g/mol. The number of hydrazone groups is 1. The molecule has 1 aliphatic rings. The molecule has 1 amide bonds. The van der Waals surface area contributed by atoms with Gasteiger partial charge in [-0.15, -0.1) is 0 Å². The van der Waals surface area contributed by atoms with Crippen LogP contribution in [0, 0.1) is 11.8 Å². The lowest BCUT2D eigenvalue weighted by Gasteiger charge is -2.30. The lowest BCUT2D eigenvalue weighted by Crippen LogP contribution is -2.43. The van der Waals surface area contributed by atoms with Crippen molar-refractivity contribution in [2.45, 2.75) is 39.7 Å². The van der Waals surface area contributed by atoms with Crippen LogP contribution < -0.4 is 10.7 Å². The van der Waals surface area contributed by atoms with Crippen LogP contribution in [0.15, 0.2) is 22.2 Å². The van der Waals surface area contributed by atoms with Crippen LogP contribution in [0.5, 0.6) is 0 Å². The van der Waals surface area contributed by atoms with Crippen molar-refractivity contribution in [1.29, 1.82) is 0 Å². The Kier molecular flexibility index (Phi) is 6.45. The van der Waals surface area contributed by atoms with Gasteiger partial charge in [0, 0.05) is 38.3 Å². The van der Waals surface area contributed by atoms with E-state index >= 15 is 0 Å². The zero-order chi connectivity index (χ0) is 20.2. The number of aromatic nitrogens is 2. The number of ether oxygens (including phenoxy) is 3. The van der Waals surface area contributed by atoms with Crippen molar-refractivity contribution in [2.24, 2.45) is 16.9 Å². The van der Waals surface area contributed by atoms with Crippen molar-refractivity contribution in [3.8, 4) is 0 Å². The summed E-state index contributed by atoms with van der Waals surface area (Å²) in [7, 11) is 1.46. The molecule has 0 aliphatic carbocycles. The fraction of sp³-hybridized carbons (Fsp3) is 0.588. The summed E-state index contributed by atoms with van der Waals surface area (Å²) in [5.74, 6) is -1.83. The Labute approximate surface area is 156 Å². The lowest BCUT2D eigenvalue weighted by atomic mass is 9.90. The third-order valence-corrected chi connectivity index (χ3v) is 4.74. The number of anilines is 1. The van der Waals surface area contributed by atoms with Crippen molar-refractivity contribution < 1.29 is 23.8 Å². The second kappa shape index (κ2) is 8.40. The van der Waals surface area contributed by atoms with Gasteiger partial charge in [0.1, 0.15) is 12.8 Å². The van der Waals surface area contributed by atoms with E-state index in [1.54, 1.807) is 6.92 Å². The molecule has 1 fully saturated rings. The summed E-state index contributed by atoms with van der Waals surface area (Å²) in [6.45, 7) is 6.65. The second-order valence-electron chi connectivity index (χ2n) is 6.25. The van der Waals surface area contributed by atoms with E-state index in [1.165, 1.54) is 37.1 Å². The molecule has 1 aromatic rings. The van der Waals surface area contributed by atoms with Crippen molar-refractivity contribution in [3.05, 3.63) is 22.7 Å². The third-order valence-electron chi connectivity index (χ3n) is 4.74. The second-order valence-corrected chi connectivity index (χ2v) is 6.25. The molecule has 1 aromatic heterocycles. The Hall–Kier alpha value is -2.59. The van der Waals surface area contributed by atoms with Gasteiger partial charge in [-0.05, 0) is 13.0 Å². The molecule has 2 heterocycles. The summed E-state index contributed by atoms with van der Waals surface area (Å²) in [6.07, 6.45) is 2.67. The summed E-state index contributed by atoms with van der Waals surface area (Å²) < 4.78 is 18.0. The molecular formula is C17H24N4O6. The van der Waals surface area contributed by atoms with Gasteiger partial charge < -0.3 is 14.2 Å². The molecule has 1 aliphatic heterocycles. The van der Waals surface area contributed by atoms with Crippen molar-refractivity contribution in [1.82, 2.24) is 9.55 Å². The van der Waals surface area contributed by atoms with Gasteiger partial charge in [0.25, 0.3) is 0 Å². The first-order valence-corrected chi connectivity index (χ1v) is 8.48. The highest BCUT2D eigenvalue weighted by Crippen LogP contribution is 2.45. The zero-order valence-electron chi connectivity index (χ0n) is 16.0. The first kappa shape index (κ1) is 20.7. The molecule has 10 heteroatoms. The minimum atomic E-state index is -1.17. The van der Waals surface area contributed by atoms with E-state index in [0.29, 0.717) is 6.41 Å². The quantitative estimate of drug-likeness (QED) is 0.299. The number of methoxy groups -OCH3 is 1.